The summed E-state index contributed by atoms with van der Waals surface area (Å²) in [5, 5.41) is 44.3. The summed E-state index contributed by atoms with van der Waals surface area (Å²) >= 11 is 14.0. The van der Waals surface area contributed by atoms with Crippen LogP contribution >= 0.6 is 23.2 Å². The first-order chi connectivity index (χ1) is 27.7. The number of nitrogens with one attached hydrogen (secondary N) is 3. The number of carboxylic acid groups (broad SMARTS) is 1. The minimum Gasteiger partial charge on any atom is -0.489 e. The molecule has 7 rings (SSSR count). The lowest BCUT2D eigenvalue weighted by atomic mass is 9.96. The van der Waals surface area contributed by atoms with Gasteiger partial charge in [0, 0.05) is 77.2 Å². The topological polar surface area (TPSA) is 174 Å². The molecule has 12 nitrogen and oxygen atoms in total. The van der Waals surface area contributed by atoms with Gasteiger partial charge in [0.1, 0.15) is 24.5 Å². The highest BCUT2D eigenvalue weighted by Crippen LogP contribution is 2.39. The van der Waals surface area contributed by atoms with Crippen molar-refractivity contribution < 1.29 is 24.5 Å². The number of carboxylic acids is 1. The van der Waals surface area contributed by atoms with Gasteiger partial charge in [-0.25, -0.2) is 0 Å². The molecule has 6 aromatic rings. The first kappa shape index (κ1) is 39.4. The third-order valence-electron chi connectivity index (χ3n) is 9.93. The van der Waals surface area contributed by atoms with Crippen LogP contribution in [0.1, 0.15) is 40.7 Å². The lowest BCUT2D eigenvalue weighted by molar-refractivity contribution is -0.140. The van der Waals surface area contributed by atoms with E-state index in [0.29, 0.717) is 57.6 Å². The van der Waals surface area contributed by atoms with Crippen LogP contribution in [0.5, 0.6) is 5.75 Å². The number of nitriles is 1. The van der Waals surface area contributed by atoms with Crippen molar-refractivity contribution in [3.63, 3.8) is 0 Å². The SMILES string of the molecule is N#Cc1cncc(COc2cc(Cn3ncc4c(-c5cccc(-c6ccc(CNC[C@@H]7CCC(=O)N7)cc6)c5Cl)cccc43)c(Cl)cc2CN[C@@H](CO)C(=O)O)c1. The number of aromatic nitrogens is 3. The third kappa shape index (κ3) is 9.26. The van der Waals surface area contributed by atoms with E-state index in [2.05, 4.69) is 51.3 Å². The average molecular weight is 805 g/mol. The molecular weight excluding hydrogens is 765 g/mol. The fourth-order valence-electron chi connectivity index (χ4n) is 6.89. The normalized spacial score (nSPS) is 14.4. The average Bonchev–Trinajstić information content (AvgIpc) is 3.84. The van der Waals surface area contributed by atoms with Gasteiger partial charge in [-0.1, -0.05) is 77.8 Å². The molecule has 2 aromatic heterocycles. The Balaban J connectivity index is 1.12. The van der Waals surface area contributed by atoms with Crippen molar-refractivity contribution in [3.05, 3.63) is 135 Å². The predicted octanol–water partition coefficient (Wildman–Crippen LogP) is 6.47. The number of ether oxygens (including phenoxy) is 1. The zero-order valence-corrected chi connectivity index (χ0v) is 32.2. The highest BCUT2D eigenvalue weighted by molar-refractivity contribution is 6.36. The number of carbonyl (C=O) groups excluding carboxylic acids is 1. The summed E-state index contributed by atoms with van der Waals surface area (Å²) in [4.78, 5) is 27.2. The van der Waals surface area contributed by atoms with E-state index >= 15 is 0 Å². The Hall–Kier alpha value is -5.81. The maximum Gasteiger partial charge on any atom is 0.323 e. The minimum atomic E-state index is -1.19. The van der Waals surface area contributed by atoms with Gasteiger partial charge in [0.25, 0.3) is 0 Å². The summed E-state index contributed by atoms with van der Waals surface area (Å²) in [5.41, 5.74) is 8.04. The number of fused-ring (bicyclic) bond motifs is 1. The molecule has 0 spiro atoms. The van der Waals surface area contributed by atoms with E-state index in [1.165, 1.54) is 6.20 Å². The molecule has 1 amide bonds. The second-order valence-corrected chi connectivity index (χ2v) is 14.6. The number of pyridine rings is 1. The summed E-state index contributed by atoms with van der Waals surface area (Å²) in [6, 6.07) is 26.5. The zero-order valence-electron chi connectivity index (χ0n) is 30.7. The zero-order chi connectivity index (χ0) is 39.9. The largest absolute Gasteiger partial charge is 0.489 e. The van der Waals surface area contributed by atoms with Crippen molar-refractivity contribution in [1.82, 2.24) is 30.7 Å². The van der Waals surface area contributed by atoms with Crippen LogP contribution in [-0.4, -0.2) is 62.1 Å². The molecule has 3 heterocycles. The van der Waals surface area contributed by atoms with Crippen LogP contribution in [-0.2, 0) is 35.8 Å². The van der Waals surface area contributed by atoms with Gasteiger partial charge in [-0.15, -0.1) is 0 Å². The Morgan fingerprint density at radius 2 is 1.77 bits per heavy atom. The molecule has 1 aliphatic heterocycles. The number of nitrogens with zero attached hydrogens (tertiary/aromatic N) is 4. The van der Waals surface area contributed by atoms with Crippen LogP contribution in [0, 0.1) is 11.3 Å². The summed E-state index contributed by atoms with van der Waals surface area (Å²) in [7, 11) is 0. The maximum atomic E-state index is 11.6. The van der Waals surface area contributed by atoms with Gasteiger partial charge < -0.3 is 25.6 Å². The molecule has 290 valence electrons. The molecule has 0 aliphatic carbocycles. The standard InChI is InChI=1S/C43H39Cl2N7O5/c44-37-14-30(20-49-38(24-53)43(55)56)40(57-25-28-13-27(16-46)18-47-19-28)15-31(37)23-52-39-6-2-4-34(36(39)22-50-52)35-5-1-3-33(42(35)45)29-9-7-26(8-10-29)17-48-21-32-11-12-41(54)51-32/h1-10,13-15,18-19,22,32,38,48-49,53H,11-12,17,20-21,23-25H2,(H,51,54)(H,55,56)/t32-,38-/m0/s1. The van der Waals surface area contributed by atoms with Gasteiger partial charge >= 0.3 is 5.97 Å². The van der Waals surface area contributed by atoms with Gasteiger partial charge in [-0.3, -0.25) is 24.6 Å². The highest BCUT2D eigenvalue weighted by Gasteiger charge is 2.21. The second-order valence-electron chi connectivity index (χ2n) is 13.8. The molecule has 0 saturated carbocycles. The summed E-state index contributed by atoms with van der Waals surface area (Å²) in [5.74, 6) is -0.634. The van der Waals surface area contributed by atoms with Crippen LogP contribution in [0.3, 0.4) is 0 Å². The van der Waals surface area contributed by atoms with E-state index in [4.69, 9.17) is 33.0 Å². The summed E-state index contributed by atoms with van der Waals surface area (Å²) in [6.45, 7) is 1.28. The number of hydrogen-bond acceptors (Lipinski definition) is 9. The Morgan fingerprint density at radius 1 is 0.982 bits per heavy atom. The van der Waals surface area contributed by atoms with Gasteiger partial charge in [-0.2, -0.15) is 10.4 Å². The minimum absolute atomic E-state index is 0.0565. The molecule has 4 aromatic carbocycles. The number of amides is 1. The van der Waals surface area contributed by atoms with E-state index in [0.717, 1.165) is 51.7 Å². The number of rotatable bonds is 16. The number of carbonyl (C=O) groups is 2. The number of hydrogen-bond donors (Lipinski definition) is 5. The highest BCUT2D eigenvalue weighted by atomic mass is 35.5. The molecule has 0 unspecified atom stereocenters. The monoisotopic (exact) mass is 803 g/mol. The van der Waals surface area contributed by atoms with Gasteiger partial charge in [0.05, 0.1) is 35.5 Å². The Kier molecular flexibility index (Phi) is 12.4. The first-order valence-corrected chi connectivity index (χ1v) is 19.1. The molecule has 2 atom stereocenters. The lowest BCUT2D eigenvalue weighted by Crippen LogP contribution is -2.39. The molecule has 1 saturated heterocycles. The number of halogens is 2. The van der Waals surface area contributed by atoms with Crippen molar-refractivity contribution in [2.45, 2.75) is 51.2 Å². The Bertz CT molecular complexity index is 2470. The number of benzene rings is 4. The quantitative estimate of drug-likeness (QED) is 0.0730. The van der Waals surface area contributed by atoms with Crippen molar-refractivity contribution in [1.29, 1.82) is 5.26 Å². The van der Waals surface area contributed by atoms with E-state index in [1.54, 1.807) is 24.4 Å². The van der Waals surface area contributed by atoms with E-state index < -0.39 is 18.6 Å². The number of aliphatic hydroxyl groups excluding tert-OH is 1. The fraction of sp³-hybridized carbons (Fsp3) is 0.233. The van der Waals surface area contributed by atoms with Crippen LogP contribution < -0.4 is 20.7 Å². The smallest absolute Gasteiger partial charge is 0.323 e. The fourth-order valence-corrected chi connectivity index (χ4v) is 7.48. The molecule has 1 fully saturated rings. The number of aliphatic carboxylic acids is 1. The van der Waals surface area contributed by atoms with Crippen LogP contribution in [0.2, 0.25) is 10.0 Å². The van der Waals surface area contributed by atoms with Gasteiger partial charge in [0.15, 0.2) is 0 Å². The van der Waals surface area contributed by atoms with Crippen molar-refractivity contribution in [3.8, 4) is 34.1 Å². The molecular formula is C43H39Cl2N7O5. The second kappa shape index (κ2) is 18.0. The third-order valence-corrected chi connectivity index (χ3v) is 10.7. The molecule has 57 heavy (non-hydrogen) atoms. The molecule has 1 aliphatic rings. The van der Waals surface area contributed by atoms with Gasteiger partial charge in [-0.05, 0) is 52.9 Å². The van der Waals surface area contributed by atoms with Crippen molar-refractivity contribution in [2.75, 3.05) is 13.2 Å². The van der Waals surface area contributed by atoms with Crippen LogP contribution in [0.4, 0.5) is 0 Å². The summed E-state index contributed by atoms with van der Waals surface area (Å²) in [6.07, 6.45) is 6.33. The molecule has 5 N–H and O–H groups in total. The lowest BCUT2D eigenvalue weighted by Gasteiger charge is -2.18. The van der Waals surface area contributed by atoms with E-state index in [1.807, 2.05) is 47.3 Å². The molecule has 0 radical (unpaired) electrons. The Labute approximate surface area is 339 Å². The number of aliphatic hydroxyl groups is 1. The van der Waals surface area contributed by atoms with E-state index in [9.17, 15) is 25.1 Å². The Morgan fingerprint density at radius 3 is 2.53 bits per heavy atom. The maximum absolute atomic E-state index is 11.6. The summed E-state index contributed by atoms with van der Waals surface area (Å²) < 4.78 is 8.06. The predicted molar refractivity (Wildman–Crippen MR) is 218 cm³/mol. The van der Waals surface area contributed by atoms with E-state index in [-0.39, 0.29) is 25.1 Å². The first-order valence-electron chi connectivity index (χ1n) is 18.4. The molecule has 0 bridgehead atoms. The van der Waals surface area contributed by atoms with Crippen molar-refractivity contribution in [2.24, 2.45) is 0 Å². The molecule has 14 heteroatoms. The van der Waals surface area contributed by atoms with Crippen LogP contribution in [0.25, 0.3) is 33.2 Å². The van der Waals surface area contributed by atoms with Crippen LogP contribution in [0.15, 0.2) is 97.5 Å². The van der Waals surface area contributed by atoms with Crippen molar-refractivity contribution >= 4 is 46.0 Å². The van der Waals surface area contributed by atoms with Gasteiger partial charge in [0.2, 0.25) is 5.91 Å².